The minimum Gasteiger partial charge on any atom is -0.343 e. The number of aryl methyl sites for hydroxylation is 2. The Bertz CT molecular complexity index is 4110. The van der Waals surface area contributed by atoms with Crippen LogP contribution in [-0.2, 0) is 72.5 Å². The van der Waals surface area contributed by atoms with Crippen molar-refractivity contribution in [3.05, 3.63) is 257 Å². The van der Waals surface area contributed by atoms with Gasteiger partial charge in [-0.3, -0.25) is 74.1 Å². The number of ketones is 3. The minimum absolute atomic E-state index is 0. The molecular weight excluding hydrogens is 1650 g/mol. The fraction of sp³-hybridized carbons (Fsp3) is 0.299. The molecule has 0 aliphatic carbocycles. The largest absolute Gasteiger partial charge is 0.343 e. The molecule has 3 aromatic carbocycles. The van der Waals surface area contributed by atoms with E-state index in [1.54, 1.807) is 54.6 Å². The van der Waals surface area contributed by atoms with Crippen LogP contribution in [0.2, 0.25) is 0 Å². The second kappa shape index (κ2) is 50.7. The Balaban J connectivity index is 0.00000142. The average molecular weight is 1720 g/mol. The Labute approximate surface area is 639 Å². The van der Waals surface area contributed by atoms with Crippen LogP contribution in [0.1, 0.15) is 150 Å². The third-order valence-electron chi connectivity index (χ3n) is 13.7. The van der Waals surface area contributed by atoms with Crippen molar-refractivity contribution < 1.29 is 101 Å². The number of amides is 3. The normalized spacial score (nSPS) is 9.92. The van der Waals surface area contributed by atoms with E-state index < -0.39 is 49.9 Å². The van der Waals surface area contributed by atoms with Gasteiger partial charge in [-0.15, -0.1) is 24.8 Å². The molecular formula is C67H76BCl2F3N16O15U. The van der Waals surface area contributed by atoms with Gasteiger partial charge in [-0.1, -0.05) is 104 Å². The first-order valence-electron chi connectivity index (χ1n) is 31.0. The standard InChI is InChI=1S/2C22H22FN5O5.C11H12FN5O2.C10H9NO3.2CH4.BH.2ClH.U/c2*23-17-9-6-12-24-18(17)14-25-22(30)21-26-20(33-27-21)11-3-1-2-8-16(29)13-15-7-4-5-10-19(15)28(31)32;12-7-2-1-5-14-8(7)6-15-11(18)10-16-9(3-4-13)19-17-10;1-2-9(12)7-8-5-3-4-6-10(8)11(13)14;;;;;;/h2*4-7,9-10,12H,1-3,8,11,13-14H2,(H,25,30);1-2,5H,3-4,6,13H2,(H,15,18);2-6H,1,7H2;2*1H4;3*1H;/i;;;;;;1D;;;. The summed E-state index contributed by atoms with van der Waals surface area (Å²) >= 11 is 0. The van der Waals surface area contributed by atoms with Crippen molar-refractivity contribution in [2.75, 3.05) is 6.54 Å². The van der Waals surface area contributed by atoms with Crippen LogP contribution in [0.3, 0.4) is 0 Å². The van der Waals surface area contributed by atoms with Crippen LogP contribution in [-0.4, -0.2) is 111 Å². The first-order valence-corrected chi connectivity index (χ1v) is 30.4. The number of carbonyl (C=O) groups excluding carboxylic acids is 6. The minimum atomic E-state index is -0.601. The number of nitro benzene ring substituents is 3. The van der Waals surface area contributed by atoms with Crippen LogP contribution < -0.4 is 21.7 Å². The molecule has 38 heteroatoms. The Morgan fingerprint density at radius 2 is 0.790 bits per heavy atom. The summed E-state index contributed by atoms with van der Waals surface area (Å²) in [6, 6.07) is 26.8. The molecule has 0 unspecified atom stereocenters. The van der Waals surface area contributed by atoms with Crippen LogP contribution in [0.25, 0.3) is 0 Å². The van der Waals surface area contributed by atoms with Gasteiger partial charge in [0.25, 0.3) is 52.3 Å². The van der Waals surface area contributed by atoms with Gasteiger partial charge in [-0.25, -0.2) is 13.2 Å². The van der Waals surface area contributed by atoms with Gasteiger partial charge in [0.2, 0.25) is 17.7 Å². The maximum Gasteiger partial charge on any atom is 0.293 e. The van der Waals surface area contributed by atoms with Gasteiger partial charge in [0.05, 0.1) is 51.5 Å². The van der Waals surface area contributed by atoms with Gasteiger partial charge in [0, 0.05) is 151 Å². The van der Waals surface area contributed by atoms with Gasteiger partial charge < -0.3 is 35.3 Å². The predicted octanol–water partition coefficient (Wildman–Crippen LogP) is 10.1. The number of hydrogen-bond acceptors (Lipinski definition) is 25. The van der Waals surface area contributed by atoms with Crippen molar-refractivity contribution >= 4 is 85.3 Å². The molecule has 0 aliphatic rings. The predicted molar refractivity (Wildman–Crippen MR) is 377 cm³/mol. The molecule has 6 aromatic heterocycles. The maximum absolute atomic E-state index is 13.5. The average Bonchev–Trinajstić information content (AvgIpc) is 1.67. The SMILES string of the molecule is C.C.C=CC(=O)Cc1ccccc1[N+](=O)[O-].Cl.Cl.NCCc1nc(C(=O)NCc2ncccc2F)no1.O=C(CCCCCc1nc(C(=O)NCc2ncccc2F)no1)Cc1ccccc1[N+](=O)[O-].O=C(CCCCCc1nc(C(=O)NCc2ncccc2F)no1)Cc1ccccc1[N+](=O)[O-].[2H][B].[U]. The molecule has 31 nitrogen and oxygen atoms in total. The number of carbonyl (C=O) groups is 6. The van der Waals surface area contributed by atoms with E-state index in [9.17, 15) is 72.3 Å². The summed E-state index contributed by atoms with van der Waals surface area (Å²) in [7, 11) is 3.75. The summed E-state index contributed by atoms with van der Waals surface area (Å²) in [5.41, 5.74) is 6.78. The van der Waals surface area contributed by atoms with Gasteiger partial charge in [0.1, 0.15) is 29.0 Å². The third kappa shape index (κ3) is 32.7. The molecule has 9 aromatic rings. The number of nitrogens with one attached hydrogen (secondary N) is 3. The number of hydrogen-bond donors (Lipinski definition) is 4. The number of Topliss-reactive ketones (excluding diaryl/α,β-unsaturated/α-hetero) is 2. The number of allylic oxidation sites excluding steroid dienone is 1. The second-order valence-electron chi connectivity index (χ2n) is 21.0. The van der Waals surface area contributed by atoms with E-state index in [-0.39, 0.29) is 196 Å². The molecule has 0 spiro atoms. The molecule has 0 saturated heterocycles. The first kappa shape index (κ1) is 92.3. The van der Waals surface area contributed by atoms with Crippen molar-refractivity contribution in [2.45, 2.75) is 124 Å². The molecule has 9 rings (SSSR count). The summed E-state index contributed by atoms with van der Waals surface area (Å²) in [6.45, 7) is 3.41. The zero-order valence-electron chi connectivity index (χ0n) is 55.7. The zero-order chi connectivity index (χ0) is 73.5. The van der Waals surface area contributed by atoms with E-state index in [0.717, 1.165) is 6.08 Å². The molecule has 0 atom stereocenters. The molecule has 6 heterocycles. The number of nitrogens with two attached hydrogens (primary N) is 1. The number of unbranched alkanes of at least 4 members (excludes halogenated alkanes) is 4. The first-order chi connectivity index (χ1) is 48.7. The van der Waals surface area contributed by atoms with Crippen LogP contribution in [0, 0.1) is 78.9 Å². The van der Waals surface area contributed by atoms with Crippen molar-refractivity contribution in [2.24, 2.45) is 5.73 Å². The van der Waals surface area contributed by atoms with Gasteiger partial charge in [-0.2, -0.15) is 15.0 Å². The van der Waals surface area contributed by atoms with Gasteiger partial charge in [-0.05, 0) is 69.5 Å². The topological polar surface area (TPSA) is 449 Å². The Morgan fingerprint density at radius 1 is 0.486 bits per heavy atom. The number of nitro groups is 3. The summed E-state index contributed by atoms with van der Waals surface area (Å²) in [4.78, 5) is 126. The fourth-order valence-electron chi connectivity index (χ4n) is 8.77. The molecule has 0 fully saturated rings. The number of nitrogens with zero attached hydrogens (tertiary/aromatic N) is 12. The Kier molecular flexibility index (Phi) is 44.6. The van der Waals surface area contributed by atoms with Gasteiger partial charge in [0.15, 0.2) is 5.78 Å². The summed E-state index contributed by atoms with van der Waals surface area (Å²) in [6.07, 6.45) is 11.5. The molecule has 5 N–H and O–H groups in total. The third-order valence-corrected chi connectivity index (χ3v) is 13.7. The number of benzene rings is 3. The quantitative estimate of drug-likeness (QED) is 0.00976. The van der Waals surface area contributed by atoms with E-state index in [0.29, 0.717) is 93.9 Å². The van der Waals surface area contributed by atoms with E-state index in [2.05, 4.69) is 76.3 Å². The number of pyridine rings is 3. The van der Waals surface area contributed by atoms with E-state index in [4.69, 9.17) is 20.6 Å². The van der Waals surface area contributed by atoms with E-state index in [1.807, 2.05) is 0 Å². The van der Waals surface area contributed by atoms with Crippen LogP contribution in [0.4, 0.5) is 30.2 Å². The molecule has 2 radical (unpaired) electrons. The summed E-state index contributed by atoms with van der Waals surface area (Å²) in [5.74, 6) is -3.19. The van der Waals surface area contributed by atoms with Crippen molar-refractivity contribution in [3.63, 3.8) is 0 Å². The number of rotatable bonds is 33. The molecule has 3 amide bonds. The van der Waals surface area contributed by atoms with Crippen LogP contribution in [0.15, 0.2) is 154 Å². The number of halogens is 5. The second-order valence-corrected chi connectivity index (χ2v) is 21.0. The maximum atomic E-state index is 13.5. The molecule has 0 bridgehead atoms. The molecule has 556 valence electrons. The van der Waals surface area contributed by atoms with Crippen molar-refractivity contribution in [3.8, 4) is 0 Å². The van der Waals surface area contributed by atoms with E-state index >= 15 is 0 Å². The zero-order valence-corrected chi connectivity index (χ0v) is 60.5. The number of aromatic nitrogens is 9. The summed E-state index contributed by atoms with van der Waals surface area (Å²) in [5, 5.41) is 50.8. The Hall–Kier alpha value is -10.7. The van der Waals surface area contributed by atoms with E-state index in [1.165, 1.54) is 73.2 Å². The summed E-state index contributed by atoms with van der Waals surface area (Å²) < 4.78 is 60.5. The van der Waals surface area contributed by atoms with Crippen molar-refractivity contribution in [1.29, 1.82) is 1.34 Å². The molecule has 0 aliphatic heterocycles. The van der Waals surface area contributed by atoms with Crippen LogP contribution >= 0.6 is 24.8 Å². The Morgan fingerprint density at radius 3 is 1.09 bits per heavy atom. The van der Waals surface area contributed by atoms with Crippen LogP contribution in [0.5, 0.6) is 0 Å². The molecule has 0 saturated carbocycles. The molecule has 105 heavy (non-hydrogen) atoms. The van der Waals surface area contributed by atoms with Gasteiger partial charge >= 0.3 is 0 Å². The van der Waals surface area contributed by atoms with Crippen molar-refractivity contribution in [1.82, 2.24) is 61.3 Å². The monoisotopic (exact) mass is 1720 g/mol. The fourth-order valence-corrected chi connectivity index (χ4v) is 8.77. The smallest absolute Gasteiger partial charge is 0.293 e. The number of para-hydroxylation sites is 3.